The second-order valence-electron chi connectivity index (χ2n) is 8.40. The number of hydrogen-bond acceptors (Lipinski definition) is 8. The molecule has 2 aliphatic rings. The van der Waals surface area contributed by atoms with Crippen LogP contribution in [-0.4, -0.2) is 86.2 Å². The molecule has 2 saturated heterocycles. The SMILES string of the molecule is CC(C)OC(=O)N1CCCC(NS(C)(=O)=O)C1COC1CCN(c2ncccn2)CC1. The molecular formula is C20H33N5O5S. The van der Waals surface area contributed by atoms with Crippen molar-refractivity contribution in [1.82, 2.24) is 19.6 Å². The molecular weight excluding hydrogens is 422 g/mol. The lowest BCUT2D eigenvalue weighted by Crippen LogP contribution is -2.59. The number of aromatic nitrogens is 2. The molecule has 0 aromatic carbocycles. The first kappa shape index (κ1) is 23.7. The van der Waals surface area contributed by atoms with Gasteiger partial charge in [0.1, 0.15) is 0 Å². The van der Waals surface area contributed by atoms with Gasteiger partial charge in [0.15, 0.2) is 0 Å². The van der Waals surface area contributed by atoms with Crippen molar-refractivity contribution < 1.29 is 22.7 Å². The Kier molecular flexibility index (Phi) is 8.06. The molecule has 1 aromatic heterocycles. The highest BCUT2D eigenvalue weighted by Crippen LogP contribution is 2.23. The topological polar surface area (TPSA) is 114 Å². The Labute approximate surface area is 184 Å². The van der Waals surface area contributed by atoms with Gasteiger partial charge in [0, 0.05) is 38.1 Å². The average Bonchev–Trinajstić information content (AvgIpc) is 2.72. The number of rotatable bonds is 7. The third kappa shape index (κ3) is 7.01. The van der Waals surface area contributed by atoms with Gasteiger partial charge in [-0.2, -0.15) is 0 Å². The van der Waals surface area contributed by atoms with E-state index in [1.54, 1.807) is 37.2 Å². The lowest BCUT2D eigenvalue weighted by Gasteiger charge is -2.41. The molecule has 174 valence electrons. The quantitative estimate of drug-likeness (QED) is 0.656. The molecule has 1 aromatic rings. The fraction of sp³-hybridized carbons (Fsp3) is 0.750. The van der Waals surface area contributed by atoms with Crippen LogP contribution in [0.15, 0.2) is 18.5 Å². The van der Waals surface area contributed by atoms with Crippen LogP contribution in [0, 0.1) is 0 Å². The minimum absolute atomic E-state index is 0.0312. The molecule has 0 bridgehead atoms. The zero-order valence-corrected chi connectivity index (χ0v) is 19.3. The van der Waals surface area contributed by atoms with E-state index in [2.05, 4.69) is 19.6 Å². The van der Waals surface area contributed by atoms with E-state index >= 15 is 0 Å². The van der Waals surface area contributed by atoms with Crippen LogP contribution in [0.2, 0.25) is 0 Å². The van der Waals surface area contributed by atoms with Crippen molar-refractivity contribution in [2.45, 2.75) is 63.8 Å². The van der Waals surface area contributed by atoms with E-state index in [4.69, 9.17) is 9.47 Å². The molecule has 0 saturated carbocycles. The van der Waals surface area contributed by atoms with Gasteiger partial charge in [-0.1, -0.05) is 0 Å². The first-order valence-corrected chi connectivity index (χ1v) is 12.7. The van der Waals surface area contributed by atoms with Crippen LogP contribution in [0.25, 0.3) is 0 Å². The molecule has 3 rings (SSSR count). The Hall–Kier alpha value is -1.98. The number of hydrogen-bond donors (Lipinski definition) is 1. The second kappa shape index (κ2) is 10.6. The molecule has 11 heteroatoms. The molecule has 10 nitrogen and oxygen atoms in total. The fourth-order valence-electron chi connectivity index (χ4n) is 4.08. The number of nitrogens with zero attached hydrogens (tertiary/aromatic N) is 4. The maximum Gasteiger partial charge on any atom is 0.410 e. The first-order valence-electron chi connectivity index (χ1n) is 10.8. The molecule has 1 amide bonds. The van der Waals surface area contributed by atoms with Gasteiger partial charge < -0.3 is 19.3 Å². The van der Waals surface area contributed by atoms with Crippen molar-refractivity contribution in [3.63, 3.8) is 0 Å². The third-order valence-electron chi connectivity index (χ3n) is 5.50. The van der Waals surface area contributed by atoms with Gasteiger partial charge in [0.2, 0.25) is 16.0 Å². The summed E-state index contributed by atoms with van der Waals surface area (Å²) in [6.45, 7) is 5.93. The summed E-state index contributed by atoms with van der Waals surface area (Å²) in [5, 5.41) is 0. The zero-order valence-electron chi connectivity index (χ0n) is 18.4. The summed E-state index contributed by atoms with van der Waals surface area (Å²) in [5.74, 6) is 0.716. The number of carbonyl (C=O) groups is 1. The van der Waals surface area contributed by atoms with Crippen LogP contribution < -0.4 is 9.62 Å². The number of nitrogens with one attached hydrogen (secondary N) is 1. The van der Waals surface area contributed by atoms with Gasteiger partial charge in [-0.3, -0.25) is 0 Å². The zero-order chi connectivity index (χ0) is 22.4. The number of ether oxygens (including phenoxy) is 2. The van der Waals surface area contributed by atoms with Crippen LogP contribution >= 0.6 is 0 Å². The summed E-state index contributed by atoms with van der Waals surface area (Å²) in [7, 11) is -3.41. The van der Waals surface area contributed by atoms with Crippen molar-refractivity contribution in [2.75, 3.05) is 37.4 Å². The van der Waals surface area contributed by atoms with Crippen LogP contribution in [-0.2, 0) is 19.5 Å². The highest BCUT2D eigenvalue weighted by molar-refractivity contribution is 7.88. The molecule has 2 unspecified atom stereocenters. The summed E-state index contributed by atoms with van der Waals surface area (Å²) < 4.78 is 38.0. The monoisotopic (exact) mass is 455 g/mol. The van der Waals surface area contributed by atoms with E-state index in [9.17, 15) is 13.2 Å². The summed E-state index contributed by atoms with van der Waals surface area (Å²) >= 11 is 0. The Morgan fingerprint density at radius 3 is 2.48 bits per heavy atom. The van der Waals surface area contributed by atoms with Gasteiger partial charge >= 0.3 is 6.09 Å². The molecule has 0 spiro atoms. The van der Waals surface area contributed by atoms with Gasteiger partial charge in [0.05, 0.1) is 31.1 Å². The third-order valence-corrected chi connectivity index (χ3v) is 6.23. The van der Waals surface area contributed by atoms with Gasteiger partial charge in [-0.15, -0.1) is 0 Å². The molecule has 0 aliphatic carbocycles. The van der Waals surface area contributed by atoms with Crippen molar-refractivity contribution in [3.05, 3.63) is 18.5 Å². The summed E-state index contributed by atoms with van der Waals surface area (Å²) in [6, 6.07) is 0.979. The van der Waals surface area contributed by atoms with Crippen LogP contribution in [0.1, 0.15) is 39.5 Å². The van der Waals surface area contributed by atoms with E-state index in [0.717, 1.165) is 32.2 Å². The number of piperidine rings is 2. The highest BCUT2D eigenvalue weighted by Gasteiger charge is 2.37. The predicted octanol–water partition coefficient (Wildman–Crippen LogP) is 1.39. The summed E-state index contributed by atoms with van der Waals surface area (Å²) in [6.07, 6.45) is 6.92. The first-order chi connectivity index (χ1) is 14.7. The van der Waals surface area contributed by atoms with Crippen molar-refractivity contribution in [3.8, 4) is 0 Å². The smallest absolute Gasteiger partial charge is 0.410 e. The molecule has 0 radical (unpaired) electrons. The van der Waals surface area contributed by atoms with E-state index in [1.165, 1.54) is 0 Å². The molecule has 2 aliphatic heterocycles. The van der Waals surface area contributed by atoms with Crippen LogP contribution in [0.5, 0.6) is 0 Å². The minimum atomic E-state index is -3.41. The maximum absolute atomic E-state index is 12.6. The van der Waals surface area contributed by atoms with Crippen LogP contribution in [0.3, 0.4) is 0 Å². The molecule has 3 heterocycles. The fourth-order valence-corrected chi connectivity index (χ4v) is 4.91. The van der Waals surface area contributed by atoms with Gasteiger partial charge in [-0.25, -0.2) is 27.9 Å². The number of carbonyl (C=O) groups excluding carboxylic acids is 1. The van der Waals surface area contributed by atoms with Crippen LogP contribution in [0.4, 0.5) is 10.7 Å². The number of likely N-dealkylation sites (tertiary alicyclic amines) is 1. The van der Waals surface area contributed by atoms with Gasteiger partial charge in [0.25, 0.3) is 0 Å². The minimum Gasteiger partial charge on any atom is -0.447 e. The molecule has 1 N–H and O–H groups in total. The lowest BCUT2D eigenvalue weighted by molar-refractivity contribution is -0.0240. The lowest BCUT2D eigenvalue weighted by atomic mass is 9.97. The number of sulfonamides is 1. The molecule has 2 atom stereocenters. The van der Waals surface area contributed by atoms with E-state index < -0.39 is 28.2 Å². The van der Waals surface area contributed by atoms with Crippen molar-refractivity contribution >= 4 is 22.1 Å². The van der Waals surface area contributed by atoms with Crippen molar-refractivity contribution in [1.29, 1.82) is 0 Å². The summed E-state index contributed by atoms with van der Waals surface area (Å²) in [5.41, 5.74) is 0. The van der Waals surface area contributed by atoms with E-state index in [-0.39, 0.29) is 18.8 Å². The Morgan fingerprint density at radius 2 is 1.87 bits per heavy atom. The summed E-state index contributed by atoms with van der Waals surface area (Å²) in [4.78, 5) is 25.0. The Balaban J connectivity index is 1.61. The Bertz CT molecular complexity index is 815. The Morgan fingerprint density at radius 1 is 1.19 bits per heavy atom. The molecule has 31 heavy (non-hydrogen) atoms. The number of amides is 1. The van der Waals surface area contributed by atoms with E-state index in [0.29, 0.717) is 25.3 Å². The van der Waals surface area contributed by atoms with Crippen molar-refractivity contribution in [2.24, 2.45) is 0 Å². The largest absolute Gasteiger partial charge is 0.447 e. The maximum atomic E-state index is 12.6. The predicted molar refractivity (Wildman–Crippen MR) is 116 cm³/mol. The standard InChI is InChI=1S/C20H33N5O5S/c1-15(2)30-20(26)25-11-4-6-17(23-31(3,27)28)18(25)14-29-16-7-12-24(13-8-16)19-21-9-5-10-22-19/h5,9-10,15-18,23H,4,6-8,11-14H2,1-3H3. The average molecular weight is 456 g/mol. The molecule has 2 fully saturated rings. The van der Waals surface area contributed by atoms with Gasteiger partial charge in [-0.05, 0) is 45.6 Å². The highest BCUT2D eigenvalue weighted by atomic mass is 32.2. The van der Waals surface area contributed by atoms with E-state index in [1.807, 2.05) is 0 Å². The normalized spacial score (nSPS) is 23.2. The number of anilines is 1. The second-order valence-corrected chi connectivity index (χ2v) is 10.2.